The van der Waals surface area contributed by atoms with Crippen molar-refractivity contribution in [1.82, 2.24) is 20.0 Å². The van der Waals surface area contributed by atoms with Gasteiger partial charge in [0.25, 0.3) is 0 Å². The molecule has 1 aromatic heterocycles. The number of guanidine groups is 1. The van der Waals surface area contributed by atoms with Crippen molar-refractivity contribution in [3.8, 4) is 11.8 Å². The Hall–Kier alpha value is -2.73. The molecule has 166 valence electrons. The SMILES string of the molecule is CCNC(=NCCCc1nn(-c2ccc(F)cc2)c(N)c1C#N)N1CCSC(C)(C)C1. The van der Waals surface area contributed by atoms with Gasteiger partial charge in [0.05, 0.1) is 11.4 Å². The van der Waals surface area contributed by atoms with Gasteiger partial charge in [0, 0.05) is 36.7 Å². The largest absolute Gasteiger partial charge is 0.382 e. The highest BCUT2D eigenvalue weighted by Crippen LogP contribution is 2.29. The van der Waals surface area contributed by atoms with Crippen molar-refractivity contribution in [1.29, 1.82) is 5.26 Å². The van der Waals surface area contributed by atoms with E-state index in [-0.39, 0.29) is 16.4 Å². The summed E-state index contributed by atoms with van der Waals surface area (Å²) in [5.41, 5.74) is 7.77. The third-order valence-electron chi connectivity index (χ3n) is 5.07. The Bertz CT molecular complexity index is 959. The highest BCUT2D eigenvalue weighted by atomic mass is 32.2. The Morgan fingerprint density at radius 1 is 1.39 bits per heavy atom. The average molecular weight is 444 g/mol. The van der Waals surface area contributed by atoms with Gasteiger partial charge >= 0.3 is 0 Å². The lowest BCUT2D eigenvalue weighted by atomic mass is 10.1. The van der Waals surface area contributed by atoms with Crippen LogP contribution in [0.4, 0.5) is 10.2 Å². The Morgan fingerprint density at radius 2 is 2.13 bits per heavy atom. The molecule has 0 amide bonds. The number of aryl methyl sites for hydroxylation is 1. The third kappa shape index (κ3) is 5.70. The van der Waals surface area contributed by atoms with E-state index in [4.69, 9.17) is 10.7 Å². The molecule has 0 radical (unpaired) electrons. The minimum Gasteiger partial charge on any atom is -0.382 e. The van der Waals surface area contributed by atoms with Crippen LogP contribution in [0.25, 0.3) is 5.69 Å². The lowest BCUT2D eigenvalue weighted by Gasteiger charge is -2.39. The highest BCUT2D eigenvalue weighted by molar-refractivity contribution is 8.00. The van der Waals surface area contributed by atoms with Gasteiger partial charge in [-0.15, -0.1) is 0 Å². The number of benzene rings is 1. The molecule has 31 heavy (non-hydrogen) atoms. The number of halogens is 1. The molecule has 0 spiro atoms. The van der Waals surface area contributed by atoms with Gasteiger partial charge in [-0.25, -0.2) is 9.07 Å². The second-order valence-corrected chi connectivity index (χ2v) is 9.88. The summed E-state index contributed by atoms with van der Waals surface area (Å²) < 4.78 is 14.9. The fourth-order valence-corrected chi connectivity index (χ4v) is 4.72. The summed E-state index contributed by atoms with van der Waals surface area (Å²) in [5, 5.41) is 17.5. The van der Waals surface area contributed by atoms with E-state index < -0.39 is 0 Å². The number of nitrogens with zero attached hydrogens (tertiary/aromatic N) is 5. The first-order chi connectivity index (χ1) is 14.8. The van der Waals surface area contributed by atoms with Gasteiger partial charge in [-0.05, 0) is 57.9 Å². The number of aromatic nitrogens is 2. The summed E-state index contributed by atoms with van der Waals surface area (Å²) in [5.74, 6) is 1.96. The maximum atomic E-state index is 13.2. The molecule has 1 saturated heterocycles. The second-order valence-electron chi connectivity index (χ2n) is 8.08. The van der Waals surface area contributed by atoms with E-state index in [9.17, 15) is 9.65 Å². The Kier molecular flexibility index (Phi) is 7.44. The highest BCUT2D eigenvalue weighted by Gasteiger charge is 2.28. The number of nitrogens with two attached hydrogens (primary N) is 1. The topological polar surface area (TPSA) is 95.3 Å². The van der Waals surface area contributed by atoms with E-state index in [1.807, 2.05) is 11.8 Å². The van der Waals surface area contributed by atoms with Gasteiger partial charge in [0.2, 0.25) is 0 Å². The molecule has 0 unspecified atom stereocenters. The first-order valence-electron chi connectivity index (χ1n) is 10.5. The summed E-state index contributed by atoms with van der Waals surface area (Å²) in [6.07, 6.45) is 1.33. The maximum Gasteiger partial charge on any atom is 0.193 e. The summed E-state index contributed by atoms with van der Waals surface area (Å²) in [6.45, 7) is 9.99. The lowest BCUT2D eigenvalue weighted by molar-refractivity contribution is 0.376. The smallest absolute Gasteiger partial charge is 0.193 e. The normalized spacial score (nSPS) is 16.2. The predicted octanol–water partition coefficient (Wildman–Crippen LogP) is 3.19. The van der Waals surface area contributed by atoms with E-state index in [1.54, 1.807) is 12.1 Å². The van der Waals surface area contributed by atoms with Gasteiger partial charge < -0.3 is 16.0 Å². The van der Waals surface area contributed by atoms with E-state index in [0.29, 0.717) is 29.9 Å². The molecule has 3 N–H and O–H groups in total. The molecule has 1 aliphatic rings. The Labute approximate surface area is 187 Å². The van der Waals surface area contributed by atoms with Crippen molar-refractivity contribution in [3.63, 3.8) is 0 Å². The first kappa shape index (κ1) is 22.9. The summed E-state index contributed by atoms with van der Waals surface area (Å²) in [6, 6.07) is 8.03. The zero-order chi connectivity index (χ0) is 22.4. The van der Waals surface area contributed by atoms with Gasteiger partial charge in [0.1, 0.15) is 23.3 Å². The fraction of sp³-hybridized carbons (Fsp3) is 0.500. The van der Waals surface area contributed by atoms with Crippen LogP contribution >= 0.6 is 11.8 Å². The molecule has 0 aliphatic carbocycles. The van der Waals surface area contributed by atoms with Crippen LogP contribution in [0.5, 0.6) is 0 Å². The number of hydrogen-bond acceptors (Lipinski definition) is 5. The van der Waals surface area contributed by atoms with Gasteiger partial charge in [0.15, 0.2) is 5.96 Å². The van der Waals surface area contributed by atoms with Crippen LogP contribution in [0, 0.1) is 17.1 Å². The van der Waals surface area contributed by atoms with Crippen LogP contribution in [-0.2, 0) is 6.42 Å². The lowest BCUT2D eigenvalue weighted by Crippen LogP contribution is -2.51. The molecule has 1 aliphatic heterocycles. The molecule has 0 saturated carbocycles. The van der Waals surface area contributed by atoms with Crippen molar-refractivity contribution in [2.24, 2.45) is 4.99 Å². The van der Waals surface area contributed by atoms with Crippen LogP contribution in [0.2, 0.25) is 0 Å². The molecular formula is C22H30FN7S. The van der Waals surface area contributed by atoms with E-state index >= 15 is 0 Å². The van der Waals surface area contributed by atoms with Crippen molar-refractivity contribution in [2.45, 2.75) is 38.4 Å². The quantitative estimate of drug-likeness (QED) is 0.404. The number of thioether (sulfide) groups is 1. The molecule has 1 fully saturated rings. The van der Waals surface area contributed by atoms with E-state index in [0.717, 1.165) is 37.8 Å². The van der Waals surface area contributed by atoms with Gasteiger partial charge in [-0.1, -0.05) is 0 Å². The maximum absolute atomic E-state index is 13.2. The van der Waals surface area contributed by atoms with Crippen LogP contribution in [0.3, 0.4) is 0 Å². The molecular weight excluding hydrogens is 413 g/mol. The van der Waals surface area contributed by atoms with Crippen molar-refractivity contribution < 1.29 is 4.39 Å². The molecule has 2 heterocycles. The molecule has 3 rings (SSSR count). The molecule has 0 bridgehead atoms. The van der Waals surface area contributed by atoms with Crippen molar-refractivity contribution in [2.75, 3.05) is 37.7 Å². The summed E-state index contributed by atoms with van der Waals surface area (Å²) in [7, 11) is 0. The number of nitrogen functional groups attached to an aromatic ring is 1. The van der Waals surface area contributed by atoms with Gasteiger partial charge in [-0.3, -0.25) is 4.99 Å². The molecule has 2 aromatic rings. The third-order valence-corrected chi connectivity index (χ3v) is 6.37. The predicted molar refractivity (Wildman–Crippen MR) is 125 cm³/mol. The Balaban J connectivity index is 1.68. The Morgan fingerprint density at radius 3 is 2.77 bits per heavy atom. The van der Waals surface area contributed by atoms with Crippen LogP contribution in [-0.4, -0.2) is 57.3 Å². The zero-order valence-electron chi connectivity index (χ0n) is 18.4. The number of rotatable bonds is 6. The minimum atomic E-state index is -0.333. The van der Waals surface area contributed by atoms with E-state index in [1.165, 1.54) is 16.8 Å². The molecule has 0 atom stereocenters. The number of nitriles is 1. The standard InChI is InChI=1S/C22H30FN7S/c1-4-26-21(29-12-13-31-22(2,3)15-29)27-11-5-6-19-18(14-24)20(25)30(28-19)17-9-7-16(23)8-10-17/h7-10H,4-6,11-13,15,25H2,1-3H3,(H,26,27). The molecule has 1 aromatic carbocycles. The van der Waals surface area contributed by atoms with Crippen molar-refractivity contribution in [3.05, 3.63) is 41.3 Å². The second kappa shape index (κ2) is 10.1. The number of anilines is 1. The zero-order valence-corrected chi connectivity index (χ0v) is 19.2. The monoisotopic (exact) mass is 443 g/mol. The van der Waals surface area contributed by atoms with Crippen LogP contribution in [0.15, 0.2) is 29.3 Å². The minimum absolute atomic E-state index is 0.209. The summed E-state index contributed by atoms with van der Waals surface area (Å²) >= 11 is 1.99. The number of nitrogens with one attached hydrogen (secondary N) is 1. The number of hydrogen-bond donors (Lipinski definition) is 2. The van der Waals surface area contributed by atoms with E-state index in [2.05, 4.69) is 42.2 Å². The average Bonchev–Trinajstić information content (AvgIpc) is 3.05. The molecule has 9 heteroatoms. The van der Waals surface area contributed by atoms with Crippen LogP contribution < -0.4 is 11.1 Å². The first-order valence-corrected chi connectivity index (χ1v) is 11.5. The summed E-state index contributed by atoms with van der Waals surface area (Å²) in [4.78, 5) is 7.12. The molecule has 7 nitrogen and oxygen atoms in total. The van der Waals surface area contributed by atoms with Crippen LogP contribution in [0.1, 0.15) is 38.4 Å². The fourth-order valence-electron chi connectivity index (χ4n) is 3.61. The van der Waals surface area contributed by atoms with Gasteiger partial charge in [-0.2, -0.15) is 22.1 Å². The number of aliphatic imine (C=N–C) groups is 1. The van der Waals surface area contributed by atoms with Crippen molar-refractivity contribution >= 4 is 23.5 Å².